The van der Waals surface area contributed by atoms with E-state index in [1.165, 1.54) is 11.0 Å². The van der Waals surface area contributed by atoms with E-state index in [0.29, 0.717) is 17.9 Å². The molecule has 0 aromatic rings. The number of rotatable bonds is 16. The molecule has 0 bridgehead atoms. The van der Waals surface area contributed by atoms with Crippen molar-refractivity contribution in [1.29, 1.82) is 0 Å². The van der Waals surface area contributed by atoms with Gasteiger partial charge in [-0.15, -0.1) is 0 Å². The fourth-order valence-corrected chi connectivity index (χ4v) is 4.54. The minimum absolute atomic E-state index is 0.0456. The van der Waals surface area contributed by atoms with Crippen LogP contribution in [0.15, 0.2) is 11.6 Å². The van der Waals surface area contributed by atoms with Crippen LogP contribution in [-0.4, -0.2) is 67.9 Å². The Bertz CT molecular complexity index is 629. The Hall–Kier alpha value is -1.77. The molecule has 1 saturated carbocycles. The van der Waals surface area contributed by atoms with E-state index in [0.717, 1.165) is 97.1 Å². The Kier molecular flexibility index (Phi) is 12.5. The Balaban J connectivity index is 1.42. The van der Waals surface area contributed by atoms with Crippen LogP contribution in [0.5, 0.6) is 0 Å². The second-order valence-corrected chi connectivity index (χ2v) is 9.11. The molecule has 1 heterocycles. The largest absolute Gasteiger partial charge is 0.356 e. The predicted molar refractivity (Wildman–Crippen MR) is 127 cm³/mol. The van der Waals surface area contributed by atoms with Crippen molar-refractivity contribution in [2.45, 2.75) is 77.2 Å². The molecule has 1 fully saturated rings. The molecule has 0 atom stereocenters. The van der Waals surface area contributed by atoms with Crippen LogP contribution in [0, 0.1) is 5.92 Å². The maximum Gasteiger partial charge on any atom is 0.256 e. The summed E-state index contributed by atoms with van der Waals surface area (Å²) in [5.41, 5.74) is 6.00. The molecular formula is C24H43N5O3. The van der Waals surface area contributed by atoms with Crippen molar-refractivity contribution in [2.24, 2.45) is 11.7 Å². The normalized spacial score (nSPS) is 21.2. The molecule has 1 aliphatic heterocycles. The molecule has 3 amide bonds. The molecule has 0 unspecified atom stereocenters. The lowest BCUT2D eigenvalue weighted by Gasteiger charge is -2.33. The van der Waals surface area contributed by atoms with Gasteiger partial charge in [-0.25, -0.2) is 0 Å². The van der Waals surface area contributed by atoms with Gasteiger partial charge >= 0.3 is 0 Å². The fraction of sp³-hybridized carbons (Fsp3) is 0.792. The lowest BCUT2D eigenvalue weighted by atomic mass is 9.82. The van der Waals surface area contributed by atoms with E-state index in [2.05, 4.69) is 16.0 Å². The van der Waals surface area contributed by atoms with E-state index in [-0.39, 0.29) is 23.8 Å². The molecule has 8 heteroatoms. The zero-order chi connectivity index (χ0) is 23.2. The van der Waals surface area contributed by atoms with Gasteiger partial charge in [-0.3, -0.25) is 19.3 Å². The number of hydrogen-bond acceptors (Lipinski definition) is 6. The molecular weight excluding hydrogens is 406 g/mol. The second-order valence-electron chi connectivity index (χ2n) is 9.11. The number of nitrogens with two attached hydrogens (primary N) is 1. The maximum atomic E-state index is 12.1. The van der Waals surface area contributed by atoms with Gasteiger partial charge in [0.25, 0.3) is 11.8 Å². The molecule has 2 rings (SSSR count). The van der Waals surface area contributed by atoms with Gasteiger partial charge in [0.15, 0.2) is 0 Å². The van der Waals surface area contributed by atoms with Gasteiger partial charge in [0.2, 0.25) is 5.91 Å². The summed E-state index contributed by atoms with van der Waals surface area (Å²) in [6, 6.07) is 0.0456. The standard InChI is InChI=1S/C24H43N5O3/c1-19-18-23(31)29(24(19)32)21-10-8-20(9-11-21)6-2-7-22(30)28-17-5-16-27-15-4-14-26-13-3-12-25/h18,20-21,26-27H,2-17,25H2,1H3,(H,28,30). The summed E-state index contributed by atoms with van der Waals surface area (Å²) in [4.78, 5) is 37.6. The fourth-order valence-electron chi connectivity index (χ4n) is 4.54. The molecule has 0 spiro atoms. The van der Waals surface area contributed by atoms with Crippen LogP contribution in [0.1, 0.15) is 71.1 Å². The monoisotopic (exact) mass is 449 g/mol. The maximum absolute atomic E-state index is 12.1. The first kappa shape index (κ1) is 26.5. The van der Waals surface area contributed by atoms with Crippen LogP contribution in [-0.2, 0) is 14.4 Å². The topological polar surface area (TPSA) is 117 Å². The molecule has 182 valence electrons. The van der Waals surface area contributed by atoms with Crippen molar-refractivity contribution in [3.8, 4) is 0 Å². The third kappa shape index (κ3) is 9.38. The van der Waals surface area contributed by atoms with Crippen molar-refractivity contribution in [1.82, 2.24) is 20.9 Å². The highest BCUT2D eigenvalue weighted by molar-refractivity contribution is 6.16. The van der Waals surface area contributed by atoms with Gasteiger partial charge in [0, 0.05) is 30.7 Å². The third-order valence-corrected chi connectivity index (χ3v) is 6.45. The molecule has 8 nitrogen and oxygen atoms in total. The number of carbonyl (C=O) groups is 3. The smallest absolute Gasteiger partial charge is 0.256 e. The van der Waals surface area contributed by atoms with E-state index in [4.69, 9.17) is 5.73 Å². The highest BCUT2D eigenvalue weighted by Gasteiger charge is 2.36. The lowest BCUT2D eigenvalue weighted by molar-refractivity contribution is -0.140. The molecule has 1 aliphatic carbocycles. The number of nitrogens with zero attached hydrogens (tertiary/aromatic N) is 1. The first-order chi connectivity index (χ1) is 15.5. The van der Waals surface area contributed by atoms with Crippen LogP contribution in [0.4, 0.5) is 0 Å². The highest BCUT2D eigenvalue weighted by Crippen LogP contribution is 2.32. The summed E-state index contributed by atoms with van der Waals surface area (Å²) in [7, 11) is 0. The van der Waals surface area contributed by atoms with Crippen LogP contribution in [0.2, 0.25) is 0 Å². The quantitative estimate of drug-likeness (QED) is 0.209. The van der Waals surface area contributed by atoms with Crippen molar-refractivity contribution < 1.29 is 14.4 Å². The summed E-state index contributed by atoms with van der Waals surface area (Å²) < 4.78 is 0. The van der Waals surface area contributed by atoms with Crippen LogP contribution in [0.25, 0.3) is 0 Å². The van der Waals surface area contributed by atoms with Gasteiger partial charge in [0.05, 0.1) is 0 Å². The number of amides is 3. The summed E-state index contributed by atoms with van der Waals surface area (Å²) in [5, 5.41) is 9.77. The molecule has 32 heavy (non-hydrogen) atoms. The highest BCUT2D eigenvalue weighted by atomic mass is 16.2. The van der Waals surface area contributed by atoms with Gasteiger partial charge < -0.3 is 21.7 Å². The molecule has 2 aliphatic rings. The number of nitrogens with one attached hydrogen (secondary N) is 3. The molecule has 0 aromatic carbocycles. The summed E-state index contributed by atoms with van der Waals surface area (Å²) in [5.74, 6) is 0.450. The van der Waals surface area contributed by atoms with Crippen molar-refractivity contribution >= 4 is 17.7 Å². The van der Waals surface area contributed by atoms with E-state index in [1.54, 1.807) is 6.92 Å². The SMILES string of the molecule is CC1=CC(=O)N(C2CCC(CCCC(=O)NCCCNCCCNCCCN)CC2)C1=O. The predicted octanol–water partition coefficient (Wildman–Crippen LogP) is 1.46. The number of imide groups is 1. The van der Waals surface area contributed by atoms with Crippen LogP contribution >= 0.6 is 0 Å². The Morgan fingerprint density at radius 1 is 0.969 bits per heavy atom. The van der Waals surface area contributed by atoms with Gasteiger partial charge in [-0.1, -0.05) is 0 Å². The zero-order valence-electron chi connectivity index (χ0n) is 19.8. The average molecular weight is 450 g/mol. The number of carbonyl (C=O) groups excluding carboxylic acids is 3. The second kappa shape index (κ2) is 15.1. The molecule has 5 N–H and O–H groups in total. The van der Waals surface area contributed by atoms with Crippen molar-refractivity contribution in [3.63, 3.8) is 0 Å². The van der Waals surface area contributed by atoms with Crippen LogP contribution < -0.4 is 21.7 Å². The first-order valence-corrected chi connectivity index (χ1v) is 12.5. The molecule has 0 aromatic heterocycles. The summed E-state index contributed by atoms with van der Waals surface area (Å²) in [6.07, 6.45) is 10.8. The summed E-state index contributed by atoms with van der Waals surface area (Å²) >= 11 is 0. The Labute approximate surface area is 193 Å². The molecule has 0 saturated heterocycles. The van der Waals surface area contributed by atoms with Gasteiger partial charge in [-0.05, 0) is 103 Å². The third-order valence-electron chi connectivity index (χ3n) is 6.45. The van der Waals surface area contributed by atoms with Crippen LogP contribution in [0.3, 0.4) is 0 Å². The minimum atomic E-state index is -0.154. The molecule has 0 radical (unpaired) electrons. The summed E-state index contributed by atoms with van der Waals surface area (Å²) in [6.45, 7) is 7.07. The Morgan fingerprint density at radius 2 is 1.59 bits per heavy atom. The van der Waals surface area contributed by atoms with Gasteiger partial charge in [-0.2, -0.15) is 0 Å². The van der Waals surface area contributed by atoms with Crippen molar-refractivity contribution in [3.05, 3.63) is 11.6 Å². The van der Waals surface area contributed by atoms with E-state index < -0.39 is 0 Å². The lowest BCUT2D eigenvalue weighted by Crippen LogP contribution is -2.42. The number of hydrogen-bond donors (Lipinski definition) is 4. The van der Waals surface area contributed by atoms with Gasteiger partial charge in [0.1, 0.15) is 0 Å². The minimum Gasteiger partial charge on any atom is -0.356 e. The zero-order valence-corrected chi connectivity index (χ0v) is 19.8. The van der Waals surface area contributed by atoms with E-state index >= 15 is 0 Å². The Morgan fingerprint density at radius 3 is 2.19 bits per heavy atom. The first-order valence-electron chi connectivity index (χ1n) is 12.5. The van der Waals surface area contributed by atoms with E-state index in [1.807, 2.05) is 0 Å². The van der Waals surface area contributed by atoms with E-state index in [9.17, 15) is 14.4 Å². The average Bonchev–Trinajstić information content (AvgIpc) is 3.04. The van der Waals surface area contributed by atoms with Crippen molar-refractivity contribution in [2.75, 3.05) is 39.3 Å².